The summed E-state index contributed by atoms with van der Waals surface area (Å²) in [5.74, 6) is 0.989. The molecule has 0 aromatic heterocycles. The summed E-state index contributed by atoms with van der Waals surface area (Å²) in [7, 11) is 0. The fourth-order valence-electron chi connectivity index (χ4n) is 4.09. The molecule has 5 nitrogen and oxygen atoms in total. The number of urea groups is 1. The fourth-order valence-corrected chi connectivity index (χ4v) is 4.09. The van der Waals surface area contributed by atoms with Gasteiger partial charge in [0.25, 0.3) is 0 Å². The predicted molar refractivity (Wildman–Crippen MR) is 91.2 cm³/mol. The van der Waals surface area contributed by atoms with Crippen LogP contribution in [0.2, 0.25) is 0 Å². The van der Waals surface area contributed by atoms with Crippen molar-refractivity contribution < 1.29 is 9.59 Å². The SMILES string of the molecule is O=C1CC[C@@H]2[C@@H](CCN2C(=O)NCc2ccccc2)N1CC1CC1. The van der Waals surface area contributed by atoms with Crippen LogP contribution in [-0.4, -0.2) is 46.9 Å². The highest BCUT2D eigenvalue weighted by Gasteiger charge is 2.45. The molecule has 2 heterocycles. The maximum absolute atomic E-state index is 12.6. The van der Waals surface area contributed by atoms with Gasteiger partial charge in [0, 0.05) is 26.1 Å². The monoisotopic (exact) mass is 327 g/mol. The highest BCUT2D eigenvalue weighted by Crippen LogP contribution is 2.36. The van der Waals surface area contributed by atoms with Gasteiger partial charge in [0.15, 0.2) is 0 Å². The standard InChI is InChI=1S/C19H25N3O2/c23-18-9-8-16-17(22(18)13-15-6-7-15)10-11-21(16)19(24)20-12-14-4-2-1-3-5-14/h1-5,15-17H,6-13H2,(H,20,24)/t16-,17-/m1/s1. The van der Waals surface area contributed by atoms with E-state index < -0.39 is 0 Å². The normalized spacial score (nSPS) is 26.4. The number of piperidine rings is 1. The van der Waals surface area contributed by atoms with E-state index in [1.807, 2.05) is 35.2 Å². The third kappa shape index (κ3) is 3.12. The van der Waals surface area contributed by atoms with E-state index in [1.54, 1.807) is 0 Å². The predicted octanol–water partition coefficient (Wildman–Crippen LogP) is 2.37. The summed E-state index contributed by atoms with van der Waals surface area (Å²) in [6.45, 7) is 2.21. The molecule has 128 valence electrons. The van der Waals surface area contributed by atoms with Gasteiger partial charge in [-0.1, -0.05) is 30.3 Å². The lowest BCUT2D eigenvalue weighted by Gasteiger charge is -2.39. The Bertz CT molecular complexity index is 614. The van der Waals surface area contributed by atoms with Crippen LogP contribution in [0.5, 0.6) is 0 Å². The average Bonchev–Trinajstić information content (AvgIpc) is 3.32. The van der Waals surface area contributed by atoms with Crippen molar-refractivity contribution in [2.45, 2.75) is 50.7 Å². The second kappa shape index (κ2) is 6.46. The molecule has 2 aliphatic heterocycles. The van der Waals surface area contributed by atoms with Gasteiger partial charge in [-0.2, -0.15) is 0 Å². The molecule has 4 rings (SSSR count). The van der Waals surface area contributed by atoms with Crippen LogP contribution in [0.4, 0.5) is 4.79 Å². The third-order valence-corrected chi connectivity index (χ3v) is 5.58. The van der Waals surface area contributed by atoms with Crippen molar-refractivity contribution in [3.63, 3.8) is 0 Å². The molecule has 0 unspecified atom stereocenters. The quantitative estimate of drug-likeness (QED) is 0.923. The molecule has 0 radical (unpaired) electrons. The molecule has 2 atom stereocenters. The lowest BCUT2D eigenvalue weighted by molar-refractivity contribution is -0.137. The van der Waals surface area contributed by atoms with Crippen molar-refractivity contribution >= 4 is 11.9 Å². The molecule has 3 aliphatic rings. The second-order valence-corrected chi connectivity index (χ2v) is 7.29. The van der Waals surface area contributed by atoms with E-state index in [1.165, 1.54) is 12.8 Å². The molecule has 3 fully saturated rings. The minimum absolute atomic E-state index is 0.00655. The first-order valence-electron chi connectivity index (χ1n) is 9.10. The number of nitrogens with zero attached hydrogens (tertiary/aromatic N) is 2. The van der Waals surface area contributed by atoms with E-state index in [9.17, 15) is 9.59 Å². The lowest BCUT2D eigenvalue weighted by Crippen LogP contribution is -2.55. The number of hydrogen-bond donors (Lipinski definition) is 1. The summed E-state index contributed by atoms with van der Waals surface area (Å²) in [4.78, 5) is 28.9. The lowest BCUT2D eigenvalue weighted by atomic mass is 9.96. The molecular formula is C19H25N3O2. The van der Waals surface area contributed by atoms with E-state index in [-0.39, 0.29) is 24.0 Å². The molecule has 1 aliphatic carbocycles. The summed E-state index contributed by atoms with van der Waals surface area (Å²) in [5, 5.41) is 3.04. The van der Waals surface area contributed by atoms with E-state index in [2.05, 4.69) is 10.2 Å². The van der Waals surface area contributed by atoms with Crippen LogP contribution < -0.4 is 5.32 Å². The topological polar surface area (TPSA) is 52.7 Å². The Morgan fingerprint density at radius 2 is 1.88 bits per heavy atom. The Balaban J connectivity index is 1.38. The van der Waals surface area contributed by atoms with E-state index >= 15 is 0 Å². The zero-order valence-electron chi connectivity index (χ0n) is 14.0. The summed E-state index contributed by atoms with van der Waals surface area (Å²) in [5.41, 5.74) is 1.11. The summed E-state index contributed by atoms with van der Waals surface area (Å²) < 4.78 is 0. The summed E-state index contributed by atoms with van der Waals surface area (Å²) in [6.07, 6.45) is 4.81. The van der Waals surface area contributed by atoms with Gasteiger partial charge in [0.2, 0.25) is 5.91 Å². The Labute approximate surface area is 143 Å². The first-order valence-corrected chi connectivity index (χ1v) is 9.10. The average molecular weight is 327 g/mol. The first-order chi connectivity index (χ1) is 11.7. The summed E-state index contributed by atoms with van der Waals surface area (Å²) >= 11 is 0. The third-order valence-electron chi connectivity index (χ3n) is 5.58. The Hall–Kier alpha value is -2.04. The van der Waals surface area contributed by atoms with Crippen LogP contribution in [0.25, 0.3) is 0 Å². The van der Waals surface area contributed by atoms with Crippen molar-refractivity contribution in [1.82, 2.24) is 15.1 Å². The van der Waals surface area contributed by atoms with Crippen LogP contribution >= 0.6 is 0 Å². The number of likely N-dealkylation sites (tertiary alicyclic amines) is 2. The number of rotatable bonds is 4. The Kier molecular flexibility index (Phi) is 4.17. The fraction of sp³-hybridized carbons (Fsp3) is 0.579. The van der Waals surface area contributed by atoms with Gasteiger partial charge in [-0.05, 0) is 37.2 Å². The Morgan fingerprint density at radius 3 is 2.62 bits per heavy atom. The number of nitrogens with one attached hydrogen (secondary N) is 1. The van der Waals surface area contributed by atoms with Crippen LogP contribution in [0.3, 0.4) is 0 Å². The summed E-state index contributed by atoms with van der Waals surface area (Å²) in [6, 6.07) is 10.4. The van der Waals surface area contributed by atoms with Crippen LogP contribution in [-0.2, 0) is 11.3 Å². The first kappa shape index (κ1) is 15.5. The van der Waals surface area contributed by atoms with E-state index in [4.69, 9.17) is 0 Å². The van der Waals surface area contributed by atoms with Crippen molar-refractivity contribution in [3.8, 4) is 0 Å². The van der Waals surface area contributed by atoms with Crippen molar-refractivity contribution in [3.05, 3.63) is 35.9 Å². The second-order valence-electron chi connectivity index (χ2n) is 7.29. The van der Waals surface area contributed by atoms with Gasteiger partial charge in [-0.25, -0.2) is 4.79 Å². The number of hydrogen-bond acceptors (Lipinski definition) is 2. The van der Waals surface area contributed by atoms with Gasteiger partial charge in [0.1, 0.15) is 0 Å². The van der Waals surface area contributed by atoms with Gasteiger partial charge in [-0.3, -0.25) is 4.79 Å². The van der Waals surface area contributed by atoms with Gasteiger partial charge in [0.05, 0.1) is 12.1 Å². The van der Waals surface area contributed by atoms with Crippen LogP contribution in [0.15, 0.2) is 30.3 Å². The van der Waals surface area contributed by atoms with Gasteiger partial charge >= 0.3 is 6.03 Å². The van der Waals surface area contributed by atoms with Crippen molar-refractivity contribution in [2.75, 3.05) is 13.1 Å². The molecule has 1 aromatic rings. The van der Waals surface area contributed by atoms with Crippen LogP contribution in [0, 0.1) is 5.92 Å². The van der Waals surface area contributed by atoms with Gasteiger partial charge in [-0.15, -0.1) is 0 Å². The zero-order chi connectivity index (χ0) is 16.5. The smallest absolute Gasteiger partial charge is 0.317 e. The molecule has 3 amide bonds. The highest BCUT2D eigenvalue weighted by molar-refractivity contribution is 5.79. The van der Waals surface area contributed by atoms with Crippen molar-refractivity contribution in [1.29, 1.82) is 0 Å². The molecule has 0 bridgehead atoms. The molecular weight excluding hydrogens is 302 g/mol. The largest absolute Gasteiger partial charge is 0.337 e. The maximum Gasteiger partial charge on any atom is 0.317 e. The number of fused-ring (bicyclic) bond motifs is 1. The molecule has 5 heteroatoms. The number of amides is 3. The highest BCUT2D eigenvalue weighted by atomic mass is 16.2. The van der Waals surface area contributed by atoms with E-state index in [0.29, 0.717) is 18.9 Å². The molecule has 0 spiro atoms. The molecule has 1 N–H and O–H groups in total. The maximum atomic E-state index is 12.6. The number of benzene rings is 1. The molecule has 24 heavy (non-hydrogen) atoms. The Morgan fingerprint density at radius 1 is 1.08 bits per heavy atom. The molecule has 2 saturated heterocycles. The minimum Gasteiger partial charge on any atom is -0.337 e. The van der Waals surface area contributed by atoms with Crippen LogP contribution in [0.1, 0.15) is 37.7 Å². The van der Waals surface area contributed by atoms with Gasteiger partial charge < -0.3 is 15.1 Å². The van der Waals surface area contributed by atoms with Crippen molar-refractivity contribution in [2.24, 2.45) is 5.92 Å². The number of carbonyl (C=O) groups excluding carboxylic acids is 2. The minimum atomic E-state index is 0.00655. The zero-order valence-corrected chi connectivity index (χ0v) is 14.0. The number of carbonyl (C=O) groups is 2. The molecule has 1 aromatic carbocycles. The molecule has 1 saturated carbocycles. The van der Waals surface area contributed by atoms with E-state index in [0.717, 1.165) is 31.5 Å².